The van der Waals surface area contributed by atoms with Gasteiger partial charge >= 0.3 is 0 Å². The number of rotatable bonds is 5. The minimum Gasteiger partial charge on any atom is -0.367 e. The van der Waals surface area contributed by atoms with Crippen molar-refractivity contribution in [2.75, 3.05) is 24.7 Å². The molecule has 1 aromatic heterocycles. The summed E-state index contributed by atoms with van der Waals surface area (Å²) in [7, 11) is -3.27. The predicted octanol–water partition coefficient (Wildman–Crippen LogP) is 3.11. The zero-order valence-corrected chi connectivity index (χ0v) is 16.7. The molecule has 146 valence electrons. The van der Waals surface area contributed by atoms with E-state index < -0.39 is 9.84 Å². The number of hydrogen-bond acceptors (Lipinski definition) is 6. The maximum absolute atomic E-state index is 11.9. The van der Waals surface area contributed by atoms with Gasteiger partial charge in [0.25, 0.3) is 0 Å². The second kappa shape index (κ2) is 7.85. The first kappa shape index (κ1) is 18.8. The number of piperidine rings is 1. The van der Waals surface area contributed by atoms with Crippen LogP contribution in [-0.2, 0) is 16.4 Å². The van der Waals surface area contributed by atoms with Crippen molar-refractivity contribution in [2.45, 2.75) is 30.3 Å². The number of likely N-dealkylation sites (tertiary alicyclic amines) is 1. The number of anilines is 1. The Morgan fingerprint density at radius 3 is 2.54 bits per heavy atom. The van der Waals surface area contributed by atoms with E-state index in [0.29, 0.717) is 11.9 Å². The van der Waals surface area contributed by atoms with Crippen molar-refractivity contribution < 1.29 is 8.42 Å². The van der Waals surface area contributed by atoms with Crippen LogP contribution in [0, 0.1) is 0 Å². The second-order valence-corrected chi connectivity index (χ2v) is 9.37. The van der Waals surface area contributed by atoms with Gasteiger partial charge in [-0.25, -0.2) is 18.4 Å². The van der Waals surface area contributed by atoms with Crippen molar-refractivity contribution in [2.24, 2.45) is 0 Å². The Morgan fingerprint density at radius 1 is 1.07 bits per heavy atom. The van der Waals surface area contributed by atoms with Crippen LogP contribution in [0.15, 0.2) is 59.8 Å². The van der Waals surface area contributed by atoms with Gasteiger partial charge in [-0.1, -0.05) is 30.3 Å². The molecule has 2 aromatic carbocycles. The standard InChI is InChI=1S/C21H24N4O2S/c1-28(26,27)18-7-8-20-19(13-18)21(23-15-22-20)24-17-9-11-25(12-10-17)14-16-5-3-2-4-6-16/h2-8,13,15,17H,9-12,14H2,1H3,(H,22,23,24). The van der Waals surface area contributed by atoms with Crippen LogP contribution in [0.2, 0.25) is 0 Å². The van der Waals surface area contributed by atoms with Gasteiger partial charge < -0.3 is 5.32 Å². The first-order valence-electron chi connectivity index (χ1n) is 9.47. The van der Waals surface area contributed by atoms with Gasteiger partial charge in [0.2, 0.25) is 0 Å². The highest BCUT2D eigenvalue weighted by molar-refractivity contribution is 7.90. The summed E-state index contributed by atoms with van der Waals surface area (Å²) in [6, 6.07) is 15.8. The van der Waals surface area contributed by atoms with Crippen molar-refractivity contribution >= 4 is 26.6 Å². The van der Waals surface area contributed by atoms with Crippen molar-refractivity contribution in [3.63, 3.8) is 0 Å². The molecule has 28 heavy (non-hydrogen) atoms. The highest BCUT2D eigenvalue weighted by Crippen LogP contribution is 2.25. The minimum absolute atomic E-state index is 0.288. The van der Waals surface area contributed by atoms with Gasteiger partial charge in [0, 0.05) is 37.3 Å². The highest BCUT2D eigenvalue weighted by atomic mass is 32.2. The van der Waals surface area contributed by atoms with Gasteiger partial charge in [-0.05, 0) is 36.6 Å². The lowest BCUT2D eigenvalue weighted by molar-refractivity contribution is 0.211. The number of nitrogens with one attached hydrogen (secondary N) is 1. The van der Waals surface area contributed by atoms with Gasteiger partial charge in [0.1, 0.15) is 12.1 Å². The molecule has 0 saturated carbocycles. The lowest BCUT2D eigenvalue weighted by Crippen LogP contribution is -2.38. The Kier molecular flexibility index (Phi) is 5.28. The van der Waals surface area contributed by atoms with E-state index in [9.17, 15) is 8.42 Å². The van der Waals surface area contributed by atoms with Gasteiger partial charge in [0.15, 0.2) is 9.84 Å². The van der Waals surface area contributed by atoms with Crippen molar-refractivity contribution in [1.82, 2.24) is 14.9 Å². The van der Waals surface area contributed by atoms with Crippen LogP contribution in [0.3, 0.4) is 0 Å². The number of hydrogen-bond donors (Lipinski definition) is 1. The molecule has 0 amide bonds. The molecule has 3 aromatic rings. The monoisotopic (exact) mass is 396 g/mol. The zero-order chi connectivity index (χ0) is 19.6. The van der Waals surface area contributed by atoms with E-state index in [2.05, 4.69) is 44.5 Å². The molecule has 1 aliphatic rings. The molecule has 1 N–H and O–H groups in total. The number of nitrogens with zero attached hydrogens (tertiary/aromatic N) is 3. The average molecular weight is 397 g/mol. The fourth-order valence-electron chi connectivity index (χ4n) is 3.65. The first-order valence-corrected chi connectivity index (χ1v) is 11.4. The Bertz CT molecular complexity index is 1060. The van der Waals surface area contributed by atoms with E-state index >= 15 is 0 Å². The van der Waals surface area contributed by atoms with Crippen LogP contribution >= 0.6 is 0 Å². The summed E-state index contributed by atoms with van der Waals surface area (Å²) in [5.74, 6) is 0.706. The third kappa shape index (κ3) is 4.31. The second-order valence-electron chi connectivity index (χ2n) is 7.35. The molecule has 4 rings (SSSR count). The molecule has 0 bridgehead atoms. The van der Waals surface area contributed by atoms with Crippen molar-refractivity contribution in [3.05, 3.63) is 60.4 Å². The lowest BCUT2D eigenvalue weighted by atomic mass is 10.0. The van der Waals surface area contributed by atoms with Crippen LogP contribution in [0.1, 0.15) is 18.4 Å². The summed E-state index contributed by atoms with van der Waals surface area (Å²) in [5.41, 5.74) is 2.08. The van der Waals surface area contributed by atoms with Gasteiger partial charge in [-0.2, -0.15) is 0 Å². The van der Waals surface area contributed by atoms with Crippen LogP contribution in [-0.4, -0.2) is 48.7 Å². The summed E-state index contributed by atoms with van der Waals surface area (Å²) in [4.78, 5) is 11.4. The number of aromatic nitrogens is 2. The Labute approximate surface area is 165 Å². The van der Waals surface area contributed by atoms with E-state index in [1.54, 1.807) is 18.2 Å². The quantitative estimate of drug-likeness (QED) is 0.714. The van der Waals surface area contributed by atoms with Crippen molar-refractivity contribution in [3.8, 4) is 0 Å². The molecule has 0 spiro atoms. The molecule has 1 aliphatic heterocycles. The van der Waals surface area contributed by atoms with Crippen LogP contribution < -0.4 is 5.32 Å². The number of fused-ring (bicyclic) bond motifs is 1. The van der Waals surface area contributed by atoms with E-state index in [0.717, 1.165) is 43.4 Å². The maximum Gasteiger partial charge on any atom is 0.175 e. The topological polar surface area (TPSA) is 75.2 Å². The van der Waals surface area contributed by atoms with Crippen LogP contribution in [0.25, 0.3) is 10.9 Å². The molecule has 2 heterocycles. The van der Waals surface area contributed by atoms with E-state index in [4.69, 9.17) is 0 Å². The Hall–Kier alpha value is -2.51. The van der Waals surface area contributed by atoms with Crippen LogP contribution in [0.5, 0.6) is 0 Å². The molecule has 0 unspecified atom stereocenters. The third-order valence-electron chi connectivity index (χ3n) is 5.21. The Morgan fingerprint density at radius 2 is 1.82 bits per heavy atom. The first-order chi connectivity index (χ1) is 13.5. The molecule has 6 nitrogen and oxygen atoms in total. The molecule has 7 heteroatoms. The van der Waals surface area contributed by atoms with E-state index in [1.165, 1.54) is 18.1 Å². The van der Waals surface area contributed by atoms with Crippen molar-refractivity contribution in [1.29, 1.82) is 0 Å². The summed E-state index contributed by atoms with van der Waals surface area (Å²) >= 11 is 0. The third-order valence-corrected chi connectivity index (χ3v) is 6.32. The summed E-state index contributed by atoms with van der Waals surface area (Å²) < 4.78 is 23.8. The zero-order valence-electron chi connectivity index (χ0n) is 15.9. The lowest BCUT2D eigenvalue weighted by Gasteiger charge is -2.32. The van der Waals surface area contributed by atoms with E-state index in [1.807, 2.05) is 6.07 Å². The molecular weight excluding hydrogens is 372 g/mol. The molecule has 0 radical (unpaired) electrons. The molecule has 0 aliphatic carbocycles. The smallest absolute Gasteiger partial charge is 0.175 e. The van der Waals surface area contributed by atoms with Gasteiger partial charge in [-0.15, -0.1) is 0 Å². The molecule has 1 fully saturated rings. The average Bonchev–Trinajstić information content (AvgIpc) is 2.69. The number of benzene rings is 2. The predicted molar refractivity (Wildman–Crippen MR) is 111 cm³/mol. The van der Waals surface area contributed by atoms with E-state index in [-0.39, 0.29) is 4.90 Å². The fraction of sp³-hybridized carbons (Fsp3) is 0.333. The normalized spacial score (nSPS) is 16.3. The molecule has 1 saturated heterocycles. The number of sulfone groups is 1. The largest absolute Gasteiger partial charge is 0.367 e. The molecule has 0 atom stereocenters. The molecular formula is C21H24N4O2S. The minimum atomic E-state index is -3.27. The van der Waals surface area contributed by atoms with Crippen LogP contribution in [0.4, 0.5) is 5.82 Å². The fourth-order valence-corrected chi connectivity index (χ4v) is 4.30. The highest BCUT2D eigenvalue weighted by Gasteiger charge is 2.20. The van der Waals surface area contributed by atoms with Gasteiger partial charge in [0.05, 0.1) is 10.4 Å². The summed E-state index contributed by atoms with van der Waals surface area (Å²) in [5, 5.41) is 4.26. The Balaban J connectivity index is 1.46. The summed E-state index contributed by atoms with van der Waals surface area (Å²) in [6.07, 6.45) is 4.77. The summed E-state index contributed by atoms with van der Waals surface area (Å²) in [6.45, 7) is 3.01. The SMILES string of the molecule is CS(=O)(=O)c1ccc2ncnc(NC3CCN(Cc4ccccc4)CC3)c2c1. The maximum atomic E-state index is 11.9. The van der Waals surface area contributed by atoms with Gasteiger partial charge in [-0.3, -0.25) is 4.90 Å².